The fraction of sp³-hybridized carbons (Fsp3) is 0. The van der Waals surface area contributed by atoms with E-state index in [1.807, 2.05) is 0 Å². The van der Waals surface area contributed by atoms with Crippen molar-refractivity contribution < 1.29 is 0 Å². The van der Waals surface area contributed by atoms with Crippen LogP contribution in [0.25, 0.3) is 105 Å². The van der Waals surface area contributed by atoms with Crippen molar-refractivity contribution in [1.29, 1.82) is 0 Å². The van der Waals surface area contributed by atoms with Crippen LogP contribution in [-0.4, -0.2) is 9.55 Å². The molecule has 1 aliphatic carbocycles. The highest BCUT2D eigenvalue weighted by Gasteiger charge is 2.31. The maximum atomic E-state index is 5.07. The SMILES string of the molecule is c1ccc(-c2c3c(c(-c4ccccc4)c4ccccc24)-c2ccc(-c4ccc(-n5c(-c6ccccc6)nc6ccccc65)cc4)c4cccc-3c24)cc1. The Morgan fingerprint density at radius 2 is 0.830 bits per heavy atom. The van der Waals surface area contributed by atoms with Crippen molar-refractivity contribution in [3.05, 3.63) is 194 Å². The number of imidazole rings is 1. The topological polar surface area (TPSA) is 17.8 Å². The molecule has 9 aromatic carbocycles. The zero-order valence-corrected chi connectivity index (χ0v) is 28.9. The van der Waals surface area contributed by atoms with E-state index < -0.39 is 0 Å². The summed E-state index contributed by atoms with van der Waals surface area (Å²) >= 11 is 0. The van der Waals surface area contributed by atoms with Crippen molar-refractivity contribution in [2.45, 2.75) is 0 Å². The first-order valence-electron chi connectivity index (χ1n) is 18.2. The molecule has 0 amide bonds. The number of rotatable bonds is 5. The molecule has 53 heavy (non-hydrogen) atoms. The van der Waals surface area contributed by atoms with Crippen LogP contribution >= 0.6 is 0 Å². The van der Waals surface area contributed by atoms with E-state index in [1.165, 1.54) is 77.2 Å². The highest BCUT2D eigenvalue weighted by Crippen LogP contribution is 2.58. The van der Waals surface area contributed by atoms with Gasteiger partial charge in [-0.15, -0.1) is 0 Å². The number of hydrogen-bond acceptors (Lipinski definition) is 1. The Morgan fingerprint density at radius 3 is 1.47 bits per heavy atom. The number of nitrogens with zero attached hydrogens (tertiary/aromatic N) is 2. The van der Waals surface area contributed by atoms with E-state index in [1.54, 1.807) is 0 Å². The molecule has 0 spiro atoms. The van der Waals surface area contributed by atoms with Crippen LogP contribution in [0.1, 0.15) is 0 Å². The van der Waals surface area contributed by atoms with Gasteiger partial charge in [0.1, 0.15) is 5.82 Å². The zero-order valence-electron chi connectivity index (χ0n) is 28.9. The van der Waals surface area contributed by atoms with Gasteiger partial charge in [0.25, 0.3) is 0 Å². The van der Waals surface area contributed by atoms with Crippen molar-refractivity contribution in [1.82, 2.24) is 9.55 Å². The second kappa shape index (κ2) is 11.8. The van der Waals surface area contributed by atoms with Crippen molar-refractivity contribution in [2.24, 2.45) is 0 Å². The molecule has 11 rings (SSSR count). The monoisotopic (exact) mass is 672 g/mol. The molecule has 0 unspecified atom stereocenters. The lowest BCUT2D eigenvalue weighted by atomic mass is 9.82. The first-order chi connectivity index (χ1) is 26.3. The maximum Gasteiger partial charge on any atom is 0.145 e. The molecule has 0 N–H and O–H groups in total. The van der Waals surface area contributed by atoms with Gasteiger partial charge >= 0.3 is 0 Å². The van der Waals surface area contributed by atoms with Gasteiger partial charge in [-0.2, -0.15) is 0 Å². The fourth-order valence-electron chi connectivity index (χ4n) is 8.72. The van der Waals surface area contributed by atoms with Gasteiger partial charge in [-0.3, -0.25) is 4.57 Å². The molecule has 2 heteroatoms. The standard InChI is InChI=1S/C51H32N2/c1-4-15-34(16-5-1)46-40-21-10-11-22-41(40)47(35-17-6-2-7-18-35)50-43-32-31-38(39-23-14-24-42(48(39)43)49(46)50)33-27-29-37(30-28-33)53-45-26-13-12-25-44(45)52-51(53)36-19-8-3-9-20-36/h1-32H. The van der Waals surface area contributed by atoms with Gasteiger partial charge in [0.2, 0.25) is 0 Å². The summed E-state index contributed by atoms with van der Waals surface area (Å²) in [5.41, 5.74) is 17.0. The molecule has 0 bridgehead atoms. The van der Waals surface area contributed by atoms with Crippen molar-refractivity contribution in [3.8, 4) is 72.7 Å². The molecule has 0 saturated heterocycles. The second-order valence-corrected chi connectivity index (χ2v) is 13.8. The first-order valence-corrected chi connectivity index (χ1v) is 18.2. The Bertz CT molecular complexity index is 2920. The molecular weight excluding hydrogens is 641 g/mol. The minimum Gasteiger partial charge on any atom is -0.292 e. The number of aromatic nitrogens is 2. The summed E-state index contributed by atoms with van der Waals surface area (Å²) in [7, 11) is 0. The molecule has 2 nitrogen and oxygen atoms in total. The van der Waals surface area contributed by atoms with Crippen LogP contribution in [0.3, 0.4) is 0 Å². The summed E-state index contributed by atoms with van der Waals surface area (Å²) in [6.45, 7) is 0. The van der Waals surface area contributed by atoms with Crippen LogP contribution < -0.4 is 0 Å². The minimum atomic E-state index is 0.943. The third-order valence-electron chi connectivity index (χ3n) is 10.9. The second-order valence-electron chi connectivity index (χ2n) is 13.8. The summed E-state index contributed by atoms with van der Waals surface area (Å²) in [6.07, 6.45) is 0. The Kier molecular flexibility index (Phi) is 6.59. The predicted octanol–water partition coefficient (Wildman–Crippen LogP) is 13.6. The lowest BCUT2D eigenvalue weighted by molar-refractivity contribution is 1.10. The average molecular weight is 673 g/mol. The molecule has 0 aliphatic heterocycles. The van der Waals surface area contributed by atoms with E-state index in [4.69, 9.17) is 4.98 Å². The molecule has 0 saturated carbocycles. The summed E-state index contributed by atoms with van der Waals surface area (Å²) in [4.78, 5) is 5.07. The predicted molar refractivity (Wildman–Crippen MR) is 222 cm³/mol. The Balaban J connectivity index is 1.13. The lowest BCUT2D eigenvalue weighted by Crippen LogP contribution is -1.97. The summed E-state index contributed by atoms with van der Waals surface area (Å²) in [6, 6.07) is 70.2. The van der Waals surface area contributed by atoms with E-state index in [0.29, 0.717) is 0 Å². The number of para-hydroxylation sites is 2. The molecule has 246 valence electrons. The maximum absolute atomic E-state index is 5.07. The van der Waals surface area contributed by atoms with Crippen LogP contribution in [0.15, 0.2) is 194 Å². The number of benzene rings is 9. The van der Waals surface area contributed by atoms with Crippen LogP contribution in [0.5, 0.6) is 0 Å². The van der Waals surface area contributed by atoms with E-state index in [9.17, 15) is 0 Å². The van der Waals surface area contributed by atoms with E-state index in [2.05, 4.69) is 199 Å². The zero-order chi connectivity index (χ0) is 34.9. The van der Waals surface area contributed by atoms with Gasteiger partial charge in [-0.1, -0.05) is 170 Å². The Morgan fingerprint density at radius 1 is 0.321 bits per heavy atom. The highest BCUT2D eigenvalue weighted by molar-refractivity contribution is 6.28. The lowest BCUT2D eigenvalue weighted by Gasteiger charge is -2.20. The van der Waals surface area contributed by atoms with Crippen molar-refractivity contribution in [2.75, 3.05) is 0 Å². The van der Waals surface area contributed by atoms with E-state index in [0.717, 1.165) is 28.1 Å². The third kappa shape index (κ3) is 4.49. The van der Waals surface area contributed by atoms with Gasteiger partial charge in [0, 0.05) is 11.3 Å². The van der Waals surface area contributed by atoms with Gasteiger partial charge in [-0.05, 0) is 101 Å². The highest BCUT2D eigenvalue weighted by atomic mass is 15.1. The van der Waals surface area contributed by atoms with Gasteiger partial charge in [0.05, 0.1) is 11.0 Å². The summed E-state index contributed by atoms with van der Waals surface area (Å²) < 4.78 is 2.28. The molecule has 0 atom stereocenters. The van der Waals surface area contributed by atoms with Crippen LogP contribution in [-0.2, 0) is 0 Å². The van der Waals surface area contributed by atoms with E-state index >= 15 is 0 Å². The van der Waals surface area contributed by atoms with Crippen LogP contribution in [0, 0.1) is 0 Å². The molecule has 10 aromatic rings. The molecule has 0 fully saturated rings. The smallest absolute Gasteiger partial charge is 0.145 e. The van der Waals surface area contributed by atoms with Crippen molar-refractivity contribution >= 4 is 32.6 Å². The molecule has 1 aliphatic rings. The summed E-state index contributed by atoms with van der Waals surface area (Å²) in [5.74, 6) is 0.943. The minimum absolute atomic E-state index is 0.943. The van der Waals surface area contributed by atoms with Crippen LogP contribution in [0.4, 0.5) is 0 Å². The normalized spacial score (nSPS) is 11.8. The van der Waals surface area contributed by atoms with Crippen molar-refractivity contribution in [3.63, 3.8) is 0 Å². The van der Waals surface area contributed by atoms with Gasteiger partial charge in [-0.25, -0.2) is 4.98 Å². The largest absolute Gasteiger partial charge is 0.292 e. The molecule has 1 heterocycles. The molecular formula is C51H32N2. The Hall–Kier alpha value is -7.03. The Labute approximate surface area is 307 Å². The molecule has 0 radical (unpaired) electrons. The summed E-state index contributed by atoms with van der Waals surface area (Å²) in [5, 5.41) is 5.14. The molecule has 1 aromatic heterocycles. The first kappa shape index (κ1) is 29.7. The van der Waals surface area contributed by atoms with Crippen LogP contribution in [0.2, 0.25) is 0 Å². The van der Waals surface area contributed by atoms with Gasteiger partial charge in [0.15, 0.2) is 0 Å². The van der Waals surface area contributed by atoms with E-state index in [-0.39, 0.29) is 0 Å². The number of fused-ring (bicyclic) bond motifs is 5. The third-order valence-corrected chi connectivity index (χ3v) is 10.9. The van der Waals surface area contributed by atoms with Gasteiger partial charge < -0.3 is 0 Å². The quantitative estimate of drug-likeness (QED) is 0.178. The average Bonchev–Trinajstić information content (AvgIpc) is 3.78. The fourth-order valence-corrected chi connectivity index (χ4v) is 8.72. The number of hydrogen-bond donors (Lipinski definition) is 0.